The van der Waals surface area contributed by atoms with Crippen LogP contribution in [0.5, 0.6) is 0 Å². The van der Waals surface area contributed by atoms with Crippen LogP contribution in [0.15, 0.2) is 42.5 Å². The van der Waals surface area contributed by atoms with E-state index in [-0.39, 0.29) is 12.1 Å². The molecule has 0 aliphatic carbocycles. The van der Waals surface area contributed by atoms with Gasteiger partial charge in [0.25, 0.3) is 0 Å². The predicted octanol–water partition coefficient (Wildman–Crippen LogP) is 3.80. The van der Waals surface area contributed by atoms with Gasteiger partial charge in [0, 0.05) is 17.2 Å². The molecule has 1 aliphatic rings. The van der Waals surface area contributed by atoms with Crippen molar-refractivity contribution in [1.82, 2.24) is 9.78 Å². The number of fused-ring (bicyclic) bond motifs is 1. The number of carbonyl (C=O) groups is 2. The molecule has 3 aromatic rings. The van der Waals surface area contributed by atoms with E-state index in [9.17, 15) is 22.8 Å². The van der Waals surface area contributed by atoms with Crippen molar-refractivity contribution in [3.8, 4) is 11.3 Å². The normalized spacial score (nSPS) is 15.6. The Kier molecular flexibility index (Phi) is 4.57. The van der Waals surface area contributed by atoms with Gasteiger partial charge in [-0.2, -0.15) is 5.10 Å². The van der Waals surface area contributed by atoms with E-state index in [0.29, 0.717) is 28.7 Å². The minimum absolute atomic E-state index is 0.202. The molecule has 0 bridgehead atoms. The summed E-state index contributed by atoms with van der Waals surface area (Å²) in [6.45, 7) is 1.72. The lowest BCUT2D eigenvalue weighted by Crippen LogP contribution is -2.36. The lowest BCUT2D eigenvalue weighted by atomic mass is 10.1. The number of nitrogens with one attached hydrogen (secondary N) is 2. The van der Waals surface area contributed by atoms with Crippen molar-refractivity contribution in [1.29, 1.82) is 0 Å². The van der Waals surface area contributed by atoms with Crippen LogP contribution in [0, 0.1) is 24.4 Å². The average molecular weight is 400 g/mol. The first-order valence-corrected chi connectivity index (χ1v) is 8.74. The first kappa shape index (κ1) is 18.7. The van der Waals surface area contributed by atoms with E-state index in [0.717, 1.165) is 12.1 Å². The highest BCUT2D eigenvalue weighted by molar-refractivity contribution is 6.02. The number of carbonyl (C=O) groups excluding carboxylic acids is 2. The van der Waals surface area contributed by atoms with Gasteiger partial charge in [0.05, 0.1) is 17.8 Å². The van der Waals surface area contributed by atoms with Crippen molar-refractivity contribution in [2.45, 2.75) is 19.4 Å². The molecular weight excluding hydrogens is 385 g/mol. The number of benzene rings is 2. The van der Waals surface area contributed by atoms with Crippen molar-refractivity contribution in [2.75, 3.05) is 10.6 Å². The molecule has 6 nitrogen and oxygen atoms in total. The molecule has 1 atom stereocenters. The number of amides is 2. The third kappa shape index (κ3) is 3.46. The van der Waals surface area contributed by atoms with E-state index in [1.165, 1.54) is 16.8 Å². The van der Waals surface area contributed by atoms with Crippen LogP contribution in [-0.2, 0) is 9.59 Å². The number of halogens is 3. The molecule has 0 spiro atoms. The lowest BCUT2D eigenvalue weighted by molar-refractivity contribution is -0.125. The molecule has 29 heavy (non-hydrogen) atoms. The largest absolute Gasteiger partial charge is 0.322 e. The quantitative estimate of drug-likeness (QED) is 0.702. The van der Waals surface area contributed by atoms with Crippen molar-refractivity contribution < 1.29 is 22.8 Å². The molecule has 0 saturated carbocycles. The van der Waals surface area contributed by atoms with E-state index >= 15 is 0 Å². The number of aromatic nitrogens is 2. The molecule has 2 heterocycles. The maximum atomic E-state index is 13.9. The number of hydrogen-bond donors (Lipinski definition) is 2. The summed E-state index contributed by atoms with van der Waals surface area (Å²) in [6, 6.07) is 7.39. The Bertz CT molecular complexity index is 1130. The van der Waals surface area contributed by atoms with E-state index in [2.05, 4.69) is 15.7 Å². The monoisotopic (exact) mass is 400 g/mol. The second-order valence-electron chi connectivity index (χ2n) is 6.66. The van der Waals surface area contributed by atoms with Gasteiger partial charge in [0.1, 0.15) is 29.3 Å². The Labute approximate surface area is 163 Å². The molecule has 2 amide bonds. The topological polar surface area (TPSA) is 76.0 Å². The highest BCUT2D eigenvalue weighted by atomic mass is 19.1. The minimum Gasteiger partial charge on any atom is -0.322 e. The summed E-state index contributed by atoms with van der Waals surface area (Å²) in [5, 5.41) is 9.48. The summed E-state index contributed by atoms with van der Waals surface area (Å²) in [5.41, 5.74) is 1.50. The second-order valence-corrected chi connectivity index (χ2v) is 6.66. The fourth-order valence-electron chi connectivity index (χ4n) is 3.23. The van der Waals surface area contributed by atoms with Crippen molar-refractivity contribution in [3.63, 3.8) is 0 Å². The molecule has 0 fully saturated rings. The van der Waals surface area contributed by atoms with Gasteiger partial charge < -0.3 is 10.6 Å². The van der Waals surface area contributed by atoms with Crippen LogP contribution in [0.1, 0.15) is 18.0 Å². The Balaban J connectivity index is 1.70. The Morgan fingerprint density at radius 1 is 1.14 bits per heavy atom. The number of nitrogens with zero attached hydrogens (tertiary/aromatic N) is 2. The van der Waals surface area contributed by atoms with Gasteiger partial charge in [-0.25, -0.2) is 17.9 Å². The SMILES string of the molecule is Cc1c(-c2ccc(F)cc2)nn2c1NC(=O)C[C@H]2C(=O)Nc1ccc(F)cc1F. The Morgan fingerprint density at radius 2 is 1.83 bits per heavy atom. The minimum atomic E-state index is -1.03. The zero-order valence-electron chi connectivity index (χ0n) is 15.2. The van der Waals surface area contributed by atoms with Gasteiger partial charge in [0.2, 0.25) is 11.8 Å². The molecule has 1 aromatic heterocycles. The van der Waals surface area contributed by atoms with Crippen molar-refractivity contribution >= 4 is 23.3 Å². The summed E-state index contributed by atoms with van der Waals surface area (Å²) in [5.74, 6) is -2.83. The summed E-state index contributed by atoms with van der Waals surface area (Å²) < 4.78 is 41.5. The van der Waals surface area contributed by atoms with E-state index in [1.807, 2.05) is 0 Å². The molecule has 0 saturated heterocycles. The first-order valence-electron chi connectivity index (χ1n) is 8.74. The molecular formula is C20H15F3N4O2. The average Bonchev–Trinajstić information content (AvgIpc) is 3.00. The molecule has 148 valence electrons. The number of anilines is 2. The third-order valence-electron chi connectivity index (χ3n) is 4.69. The molecule has 4 rings (SSSR count). The van der Waals surface area contributed by atoms with Gasteiger partial charge >= 0.3 is 0 Å². The van der Waals surface area contributed by atoms with Crippen molar-refractivity contribution in [3.05, 3.63) is 65.5 Å². The fraction of sp³-hybridized carbons (Fsp3) is 0.150. The first-order chi connectivity index (χ1) is 13.8. The highest BCUT2D eigenvalue weighted by Crippen LogP contribution is 2.34. The number of rotatable bonds is 3. The molecule has 2 aromatic carbocycles. The van der Waals surface area contributed by atoms with Crippen LogP contribution in [0.4, 0.5) is 24.7 Å². The van der Waals surface area contributed by atoms with E-state index in [4.69, 9.17) is 0 Å². The molecule has 2 N–H and O–H groups in total. The van der Waals surface area contributed by atoms with Crippen LogP contribution in [0.2, 0.25) is 0 Å². The molecule has 0 unspecified atom stereocenters. The van der Waals surface area contributed by atoms with Crippen LogP contribution < -0.4 is 10.6 Å². The smallest absolute Gasteiger partial charge is 0.249 e. The summed E-state index contributed by atoms with van der Waals surface area (Å²) in [6.07, 6.45) is -0.203. The van der Waals surface area contributed by atoms with Crippen LogP contribution in [0.3, 0.4) is 0 Å². The third-order valence-corrected chi connectivity index (χ3v) is 4.69. The van der Waals surface area contributed by atoms with Crippen LogP contribution >= 0.6 is 0 Å². The zero-order chi connectivity index (χ0) is 20.7. The van der Waals surface area contributed by atoms with Gasteiger partial charge in [0.15, 0.2) is 0 Å². The fourth-order valence-corrected chi connectivity index (χ4v) is 3.23. The molecule has 0 radical (unpaired) electrons. The summed E-state index contributed by atoms with van der Waals surface area (Å²) in [4.78, 5) is 24.9. The van der Waals surface area contributed by atoms with E-state index in [1.54, 1.807) is 19.1 Å². The number of hydrogen-bond acceptors (Lipinski definition) is 3. The van der Waals surface area contributed by atoms with Gasteiger partial charge in [-0.05, 0) is 43.3 Å². The van der Waals surface area contributed by atoms with Crippen LogP contribution in [0.25, 0.3) is 11.3 Å². The van der Waals surface area contributed by atoms with Crippen LogP contribution in [-0.4, -0.2) is 21.6 Å². The Hall–Kier alpha value is -3.62. The Morgan fingerprint density at radius 3 is 2.52 bits per heavy atom. The van der Waals surface area contributed by atoms with Crippen molar-refractivity contribution in [2.24, 2.45) is 0 Å². The molecule has 1 aliphatic heterocycles. The van der Waals surface area contributed by atoms with Gasteiger partial charge in [-0.3, -0.25) is 9.59 Å². The predicted molar refractivity (Wildman–Crippen MR) is 99.6 cm³/mol. The van der Waals surface area contributed by atoms with E-state index < -0.39 is 35.3 Å². The van der Waals surface area contributed by atoms with Gasteiger partial charge in [-0.15, -0.1) is 0 Å². The van der Waals surface area contributed by atoms with Gasteiger partial charge in [-0.1, -0.05) is 0 Å². The lowest BCUT2D eigenvalue weighted by Gasteiger charge is -2.24. The standard InChI is InChI=1S/C20H15F3N4O2/c1-10-18(11-2-4-12(21)5-3-11)26-27-16(9-17(28)25-19(10)27)20(29)24-15-7-6-13(22)8-14(15)23/h2-8,16H,9H2,1H3,(H,24,29)(H,25,28)/t16-/m0/s1. The highest BCUT2D eigenvalue weighted by Gasteiger charge is 2.34. The second kappa shape index (κ2) is 7.08. The summed E-state index contributed by atoms with van der Waals surface area (Å²) >= 11 is 0. The maximum absolute atomic E-state index is 13.9. The molecule has 9 heteroatoms. The zero-order valence-corrected chi connectivity index (χ0v) is 15.2. The maximum Gasteiger partial charge on any atom is 0.249 e. The summed E-state index contributed by atoms with van der Waals surface area (Å²) in [7, 11) is 0.